The number of carbonyl (C=O) groups is 2. The zero-order valence-electron chi connectivity index (χ0n) is 18.9. The van der Waals surface area contributed by atoms with Crippen molar-refractivity contribution in [2.24, 2.45) is 5.92 Å². The summed E-state index contributed by atoms with van der Waals surface area (Å²) in [5, 5.41) is 3.28. The van der Waals surface area contributed by atoms with Crippen molar-refractivity contribution in [3.05, 3.63) is 47.5 Å². The second-order valence-corrected chi connectivity index (χ2v) is 9.93. The van der Waals surface area contributed by atoms with Crippen LogP contribution in [0.15, 0.2) is 47.4 Å². The van der Waals surface area contributed by atoms with Crippen LogP contribution in [0.2, 0.25) is 5.02 Å². The van der Waals surface area contributed by atoms with Gasteiger partial charge in [-0.2, -0.15) is 4.31 Å². The van der Waals surface area contributed by atoms with Crippen molar-refractivity contribution >= 4 is 44.8 Å². The number of anilines is 2. The molecule has 0 aliphatic carbocycles. The Morgan fingerprint density at radius 2 is 1.91 bits per heavy atom. The predicted octanol–water partition coefficient (Wildman–Crippen LogP) is 3.76. The maximum Gasteiger partial charge on any atom is 0.243 e. The molecule has 178 valence electrons. The number of halogens is 1. The van der Waals surface area contributed by atoms with E-state index in [0.29, 0.717) is 36.2 Å². The van der Waals surface area contributed by atoms with Crippen LogP contribution in [0.3, 0.4) is 0 Å². The first-order valence-corrected chi connectivity index (χ1v) is 12.7. The van der Waals surface area contributed by atoms with Crippen LogP contribution in [0.25, 0.3) is 0 Å². The average molecular weight is 494 g/mol. The van der Waals surface area contributed by atoms with Gasteiger partial charge in [-0.15, -0.1) is 0 Å². The fourth-order valence-electron chi connectivity index (χ4n) is 3.77. The molecule has 1 aliphatic rings. The average Bonchev–Trinajstić information content (AvgIpc) is 3.17. The van der Waals surface area contributed by atoms with Gasteiger partial charge in [0.15, 0.2) is 0 Å². The molecular formula is C23H28ClN3O5S. The number of amides is 2. The molecule has 33 heavy (non-hydrogen) atoms. The van der Waals surface area contributed by atoms with Crippen LogP contribution >= 0.6 is 11.6 Å². The van der Waals surface area contributed by atoms with Crippen molar-refractivity contribution in [3.8, 4) is 5.75 Å². The number of sulfonamides is 1. The molecule has 0 aromatic heterocycles. The van der Waals surface area contributed by atoms with E-state index in [0.717, 1.165) is 0 Å². The Balaban J connectivity index is 1.84. The van der Waals surface area contributed by atoms with Crippen molar-refractivity contribution in [3.63, 3.8) is 0 Å². The molecule has 0 bridgehead atoms. The number of hydrogen-bond acceptors (Lipinski definition) is 5. The number of hydrogen-bond donors (Lipinski definition) is 1. The highest BCUT2D eigenvalue weighted by atomic mass is 35.5. The van der Waals surface area contributed by atoms with Crippen molar-refractivity contribution in [2.45, 2.75) is 32.1 Å². The van der Waals surface area contributed by atoms with Crippen LogP contribution in [0.4, 0.5) is 11.4 Å². The quantitative estimate of drug-likeness (QED) is 0.573. The van der Waals surface area contributed by atoms with Crippen LogP contribution in [-0.4, -0.2) is 50.8 Å². The maximum atomic E-state index is 13.0. The molecule has 0 spiro atoms. The minimum atomic E-state index is -3.72. The highest BCUT2D eigenvalue weighted by Crippen LogP contribution is 2.32. The van der Waals surface area contributed by atoms with E-state index < -0.39 is 15.9 Å². The summed E-state index contributed by atoms with van der Waals surface area (Å²) in [6, 6.07) is 11.3. The van der Waals surface area contributed by atoms with Gasteiger partial charge < -0.3 is 15.0 Å². The third-order valence-electron chi connectivity index (χ3n) is 5.47. The van der Waals surface area contributed by atoms with Gasteiger partial charge in [-0.25, -0.2) is 8.42 Å². The van der Waals surface area contributed by atoms with Gasteiger partial charge in [-0.3, -0.25) is 9.59 Å². The zero-order chi connectivity index (χ0) is 24.2. The zero-order valence-corrected chi connectivity index (χ0v) is 20.4. The Hall–Kier alpha value is -2.62. The van der Waals surface area contributed by atoms with Crippen molar-refractivity contribution in [2.75, 3.05) is 36.5 Å². The molecule has 2 aromatic rings. The molecule has 1 atom stereocenters. The van der Waals surface area contributed by atoms with Crippen LogP contribution in [-0.2, 0) is 19.6 Å². The fraction of sp³-hybridized carbons (Fsp3) is 0.391. The maximum absolute atomic E-state index is 13.0. The lowest BCUT2D eigenvalue weighted by Gasteiger charge is -2.20. The molecule has 0 saturated carbocycles. The van der Waals surface area contributed by atoms with Crippen LogP contribution < -0.4 is 15.0 Å². The lowest BCUT2D eigenvalue weighted by molar-refractivity contribution is -0.122. The van der Waals surface area contributed by atoms with E-state index in [-0.39, 0.29) is 35.4 Å². The molecule has 1 fully saturated rings. The highest BCUT2D eigenvalue weighted by molar-refractivity contribution is 7.89. The molecule has 1 unspecified atom stereocenters. The first-order valence-electron chi connectivity index (χ1n) is 10.8. The topological polar surface area (TPSA) is 96.0 Å². The van der Waals surface area contributed by atoms with Crippen LogP contribution in [0, 0.1) is 5.92 Å². The number of ether oxygens (including phenoxy) is 1. The van der Waals surface area contributed by atoms with E-state index in [1.54, 1.807) is 45.0 Å². The Morgan fingerprint density at radius 1 is 1.18 bits per heavy atom. The summed E-state index contributed by atoms with van der Waals surface area (Å²) in [5.41, 5.74) is 0.883. The van der Waals surface area contributed by atoms with Gasteiger partial charge in [0.1, 0.15) is 5.75 Å². The normalized spacial score (nSPS) is 16.3. The second kappa shape index (κ2) is 10.5. The van der Waals surface area contributed by atoms with Gasteiger partial charge in [0, 0.05) is 36.8 Å². The molecule has 10 heteroatoms. The van der Waals surface area contributed by atoms with E-state index in [1.165, 1.54) is 27.4 Å². The van der Waals surface area contributed by atoms with Crippen molar-refractivity contribution in [1.29, 1.82) is 0 Å². The number of nitrogens with one attached hydrogen (secondary N) is 1. The minimum Gasteiger partial charge on any atom is -0.492 e. The molecule has 8 nitrogen and oxygen atoms in total. The van der Waals surface area contributed by atoms with Crippen LogP contribution in [0.5, 0.6) is 5.75 Å². The Bertz CT molecular complexity index is 1130. The molecule has 1 aliphatic heterocycles. The molecule has 3 rings (SSSR count). The number of benzene rings is 2. The third kappa shape index (κ3) is 5.48. The van der Waals surface area contributed by atoms with Gasteiger partial charge in [0.25, 0.3) is 0 Å². The number of rotatable bonds is 9. The summed E-state index contributed by atoms with van der Waals surface area (Å²) in [5.74, 6) is -0.805. The minimum absolute atomic E-state index is 0.0414. The summed E-state index contributed by atoms with van der Waals surface area (Å²) in [6.07, 6.45) is 0.0414. The molecule has 2 aromatic carbocycles. The predicted molar refractivity (Wildman–Crippen MR) is 128 cm³/mol. The van der Waals surface area contributed by atoms with Crippen molar-refractivity contribution in [1.82, 2.24) is 4.31 Å². The van der Waals surface area contributed by atoms with E-state index in [4.69, 9.17) is 16.3 Å². The standard InChI is InChI=1S/C23H28ClN3O5S/c1-4-26(5-2)33(30,31)19-10-11-21(32-6-3)20(14-19)25-23(29)16-12-22(28)27(15-16)18-9-7-8-17(24)13-18/h7-11,13-14,16H,4-6,12,15H2,1-3H3,(H,25,29). The summed E-state index contributed by atoms with van der Waals surface area (Å²) < 4.78 is 32.8. The van der Waals surface area contributed by atoms with Crippen LogP contribution in [0.1, 0.15) is 27.2 Å². The van der Waals surface area contributed by atoms with E-state index >= 15 is 0 Å². The molecule has 0 radical (unpaired) electrons. The summed E-state index contributed by atoms with van der Waals surface area (Å²) in [6.45, 7) is 6.53. The second-order valence-electron chi connectivity index (χ2n) is 7.55. The van der Waals surface area contributed by atoms with Gasteiger partial charge in [-0.05, 0) is 43.3 Å². The lowest BCUT2D eigenvalue weighted by Crippen LogP contribution is -2.31. The summed E-state index contributed by atoms with van der Waals surface area (Å²) in [4.78, 5) is 27.2. The van der Waals surface area contributed by atoms with Gasteiger partial charge in [-0.1, -0.05) is 31.5 Å². The molecular weight excluding hydrogens is 466 g/mol. The van der Waals surface area contributed by atoms with Gasteiger partial charge in [0.2, 0.25) is 21.8 Å². The van der Waals surface area contributed by atoms with Gasteiger partial charge in [0.05, 0.1) is 23.1 Å². The summed E-state index contributed by atoms with van der Waals surface area (Å²) >= 11 is 6.04. The Morgan fingerprint density at radius 3 is 2.55 bits per heavy atom. The van der Waals surface area contributed by atoms with Crippen molar-refractivity contribution < 1.29 is 22.7 Å². The molecule has 2 amide bonds. The Kier molecular flexibility index (Phi) is 7.99. The summed E-state index contributed by atoms with van der Waals surface area (Å²) in [7, 11) is -3.72. The SMILES string of the molecule is CCOc1ccc(S(=O)(=O)N(CC)CC)cc1NC(=O)C1CC(=O)N(c2cccc(Cl)c2)C1. The smallest absolute Gasteiger partial charge is 0.243 e. The highest BCUT2D eigenvalue weighted by Gasteiger charge is 2.35. The van der Waals surface area contributed by atoms with E-state index in [9.17, 15) is 18.0 Å². The van der Waals surface area contributed by atoms with Gasteiger partial charge >= 0.3 is 0 Å². The van der Waals surface area contributed by atoms with E-state index in [2.05, 4.69) is 5.32 Å². The molecule has 1 N–H and O–H groups in total. The monoisotopic (exact) mass is 493 g/mol. The largest absolute Gasteiger partial charge is 0.492 e. The first kappa shape index (κ1) is 25.0. The first-order chi connectivity index (χ1) is 15.7. The number of carbonyl (C=O) groups excluding carboxylic acids is 2. The number of nitrogens with zero attached hydrogens (tertiary/aromatic N) is 2. The molecule has 1 saturated heterocycles. The van der Waals surface area contributed by atoms with E-state index in [1.807, 2.05) is 0 Å². The fourth-order valence-corrected chi connectivity index (χ4v) is 5.44. The molecule has 1 heterocycles. The Labute approximate surface area is 199 Å². The lowest BCUT2D eigenvalue weighted by atomic mass is 10.1. The third-order valence-corrected chi connectivity index (χ3v) is 7.75.